The highest BCUT2D eigenvalue weighted by Gasteiger charge is 2.38. The van der Waals surface area contributed by atoms with Crippen molar-refractivity contribution in [1.82, 2.24) is 5.32 Å². The van der Waals surface area contributed by atoms with Crippen LogP contribution in [-0.2, 0) is 22.4 Å². The Morgan fingerprint density at radius 3 is 2.90 bits per heavy atom. The maximum Gasteiger partial charge on any atom is 0.250 e. The van der Waals surface area contributed by atoms with Crippen molar-refractivity contribution in [1.29, 1.82) is 5.26 Å². The lowest BCUT2D eigenvalue weighted by Crippen LogP contribution is -2.53. The zero-order valence-electron chi connectivity index (χ0n) is 11.4. The van der Waals surface area contributed by atoms with Crippen LogP contribution in [0.4, 0.5) is 0 Å². The summed E-state index contributed by atoms with van der Waals surface area (Å²) < 4.78 is 5.39. The standard InChI is InChI=1S/C16H18N2O2/c17-11-16(18-15(19)14-6-3-9-20-14)8-7-12-4-1-2-5-13(12)10-16/h1-2,4-5,14H,3,6-10H2,(H,18,19)/t14-,16+/m0/s1. The minimum Gasteiger partial charge on any atom is -0.368 e. The number of nitriles is 1. The van der Waals surface area contributed by atoms with Crippen LogP contribution < -0.4 is 5.32 Å². The largest absolute Gasteiger partial charge is 0.368 e. The summed E-state index contributed by atoms with van der Waals surface area (Å²) in [5.41, 5.74) is 1.66. The van der Waals surface area contributed by atoms with Gasteiger partial charge in [-0.3, -0.25) is 4.79 Å². The van der Waals surface area contributed by atoms with E-state index >= 15 is 0 Å². The molecule has 2 atom stereocenters. The molecule has 1 aromatic carbocycles. The molecule has 2 aliphatic rings. The van der Waals surface area contributed by atoms with Crippen LogP contribution in [-0.4, -0.2) is 24.2 Å². The van der Waals surface area contributed by atoms with E-state index in [4.69, 9.17) is 4.74 Å². The fourth-order valence-corrected chi connectivity index (χ4v) is 3.07. The van der Waals surface area contributed by atoms with Gasteiger partial charge in [-0.25, -0.2) is 0 Å². The van der Waals surface area contributed by atoms with Gasteiger partial charge in [-0.05, 0) is 36.8 Å². The van der Waals surface area contributed by atoms with E-state index in [2.05, 4.69) is 17.5 Å². The molecule has 1 aliphatic heterocycles. The van der Waals surface area contributed by atoms with Crippen LogP contribution in [0.25, 0.3) is 0 Å². The van der Waals surface area contributed by atoms with Crippen molar-refractivity contribution < 1.29 is 9.53 Å². The van der Waals surface area contributed by atoms with Gasteiger partial charge in [0, 0.05) is 13.0 Å². The zero-order chi connectivity index (χ0) is 14.0. The van der Waals surface area contributed by atoms with Crippen LogP contribution in [0.1, 0.15) is 30.4 Å². The first-order chi connectivity index (χ1) is 9.72. The van der Waals surface area contributed by atoms with Crippen LogP contribution >= 0.6 is 0 Å². The van der Waals surface area contributed by atoms with Gasteiger partial charge in [-0.2, -0.15) is 5.26 Å². The molecule has 1 N–H and O–H groups in total. The van der Waals surface area contributed by atoms with E-state index in [-0.39, 0.29) is 12.0 Å². The molecule has 20 heavy (non-hydrogen) atoms. The van der Waals surface area contributed by atoms with Gasteiger partial charge in [-0.1, -0.05) is 24.3 Å². The maximum atomic E-state index is 12.2. The lowest BCUT2D eigenvalue weighted by molar-refractivity contribution is -0.131. The second kappa shape index (κ2) is 5.26. The number of ether oxygens (including phenoxy) is 1. The van der Waals surface area contributed by atoms with Crippen molar-refractivity contribution in [3.63, 3.8) is 0 Å². The number of rotatable bonds is 2. The van der Waals surface area contributed by atoms with Gasteiger partial charge < -0.3 is 10.1 Å². The fourth-order valence-electron chi connectivity index (χ4n) is 3.07. The third-order valence-electron chi connectivity index (χ3n) is 4.23. The monoisotopic (exact) mass is 270 g/mol. The molecule has 4 nitrogen and oxygen atoms in total. The van der Waals surface area contributed by atoms with Crippen LogP contribution in [0, 0.1) is 11.3 Å². The van der Waals surface area contributed by atoms with Crippen LogP contribution in [0.15, 0.2) is 24.3 Å². The number of aryl methyl sites for hydroxylation is 1. The van der Waals surface area contributed by atoms with E-state index in [1.807, 2.05) is 18.2 Å². The Labute approximate surface area is 118 Å². The first kappa shape index (κ1) is 13.1. The van der Waals surface area contributed by atoms with E-state index < -0.39 is 5.54 Å². The molecule has 0 bridgehead atoms. The van der Waals surface area contributed by atoms with Crippen molar-refractivity contribution in [3.05, 3.63) is 35.4 Å². The minimum atomic E-state index is -0.780. The van der Waals surface area contributed by atoms with E-state index in [1.54, 1.807) is 0 Å². The highest BCUT2D eigenvalue weighted by atomic mass is 16.5. The molecular formula is C16H18N2O2. The topological polar surface area (TPSA) is 62.1 Å². The molecule has 1 heterocycles. The highest BCUT2D eigenvalue weighted by molar-refractivity contribution is 5.82. The summed E-state index contributed by atoms with van der Waals surface area (Å²) in [4.78, 5) is 12.2. The van der Waals surface area contributed by atoms with Gasteiger partial charge in [0.15, 0.2) is 0 Å². The summed E-state index contributed by atoms with van der Waals surface area (Å²) in [6, 6.07) is 10.5. The zero-order valence-corrected chi connectivity index (χ0v) is 11.4. The van der Waals surface area contributed by atoms with Gasteiger partial charge in [-0.15, -0.1) is 0 Å². The van der Waals surface area contributed by atoms with Gasteiger partial charge in [0.1, 0.15) is 11.6 Å². The molecule has 0 unspecified atom stereocenters. The van der Waals surface area contributed by atoms with Crippen LogP contribution in [0.3, 0.4) is 0 Å². The van der Waals surface area contributed by atoms with Crippen molar-refractivity contribution in [2.45, 2.75) is 43.7 Å². The molecule has 1 saturated heterocycles. The molecule has 104 valence electrons. The smallest absolute Gasteiger partial charge is 0.250 e. The Morgan fingerprint density at radius 1 is 1.40 bits per heavy atom. The average Bonchev–Trinajstić information content (AvgIpc) is 3.01. The van der Waals surface area contributed by atoms with E-state index in [0.717, 1.165) is 24.8 Å². The number of carbonyl (C=O) groups is 1. The molecule has 0 spiro atoms. The Bertz CT molecular complexity index is 558. The van der Waals surface area contributed by atoms with E-state index in [1.165, 1.54) is 5.56 Å². The third kappa shape index (κ3) is 2.41. The Hall–Kier alpha value is -1.86. The number of amides is 1. The van der Waals surface area contributed by atoms with Crippen molar-refractivity contribution >= 4 is 5.91 Å². The third-order valence-corrected chi connectivity index (χ3v) is 4.23. The Kier molecular flexibility index (Phi) is 3.45. The van der Waals surface area contributed by atoms with E-state index in [9.17, 15) is 10.1 Å². The van der Waals surface area contributed by atoms with Gasteiger partial charge in [0.25, 0.3) is 0 Å². The predicted molar refractivity (Wildman–Crippen MR) is 73.9 cm³/mol. The summed E-state index contributed by atoms with van der Waals surface area (Å²) >= 11 is 0. The summed E-state index contributed by atoms with van der Waals surface area (Å²) in [7, 11) is 0. The molecule has 1 fully saturated rings. The number of fused-ring (bicyclic) bond motifs is 1. The number of benzene rings is 1. The quantitative estimate of drug-likeness (QED) is 0.890. The van der Waals surface area contributed by atoms with Gasteiger partial charge in [0.2, 0.25) is 5.91 Å². The summed E-state index contributed by atoms with van der Waals surface area (Å²) in [5, 5.41) is 12.5. The van der Waals surface area contributed by atoms with Crippen LogP contribution in [0.2, 0.25) is 0 Å². The summed E-state index contributed by atoms with van der Waals surface area (Å²) in [5.74, 6) is -0.136. The number of carbonyl (C=O) groups excluding carboxylic acids is 1. The molecule has 4 heteroatoms. The predicted octanol–water partition coefficient (Wildman–Crippen LogP) is 1.73. The average molecular weight is 270 g/mol. The number of hydrogen-bond donors (Lipinski definition) is 1. The SMILES string of the molecule is N#C[C@@]1(NC(=O)[C@@H]2CCCO2)CCc2ccccc2C1. The molecule has 0 saturated carbocycles. The lowest BCUT2D eigenvalue weighted by atomic mass is 9.78. The Morgan fingerprint density at radius 2 is 2.20 bits per heavy atom. The fraction of sp³-hybridized carbons (Fsp3) is 0.500. The first-order valence-electron chi connectivity index (χ1n) is 7.14. The normalized spacial score (nSPS) is 28.4. The van der Waals surface area contributed by atoms with Gasteiger partial charge in [0.05, 0.1) is 6.07 Å². The number of nitrogens with zero attached hydrogens (tertiary/aromatic N) is 1. The summed E-state index contributed by atoms with van der Waals surface area (Å²) in [6.07, 6.45) is 3.37. The number of nitrogens with one attached hydrogen (secondary N) is 1. The molecular weight excluding hydrogens is 252 g/mol. The number of hydrogen-bond acceptors (Lipinski definition) is 3. The molecule has 1 aliphatic carbocycles. The Balaban J connectivity index is 1.76. The van der Waals surface area contributed by atoms with Crippen molar-refractivity contribution in [3.8, 4) is 6.07 Å². The minimum absolute atomic E-state index is 0.136. The first-order valence-corrected chi connectivity index (χ1v) is 7.14. The maximum absolute atomic E-state index is 12.2. The molecule has 0 aromatic heterocycles. The second-order valence-electron chi connectivity index (χ2n) is 5.63. The molecule has 3 rings (SSSR count). The molecule has 1 aromatic rings. The second-order valence-corrected chi connectivity index (χ2v) is 5.63. The van der Waals surface area contributed by atoms with Crippen molar-refractivity contribution in [2.75, 3.05) is 6.61 Å². The van der Waals surface area contributed by atoms with Crippen molar-refractivity contribution in [2.24, 2.45) is 0 Å². The molecule has 1 amide bonds. The van der Waals surface area contributed by atoms with Crippen LogP contribution in [0.5, 0.6) is 0 Å². The van der Waals surface area contributed by atoms with Gasteiger partial charge >= 0.3 is 0 Å². The molecule has 0 radical (unpaired) electrons. The summed E-state index contributed by atoms with van der Waals surface area (Å²) in [6.45, 7) is 0.639. The lowest BCUT2D eigenvalue weighted by Gasteiger charge is -2.33. The highest BCUT2D eigenvalue weighted by Crippen LogP contribution is 2.29. The van der Waals surface area contributed by atoms with E-state index in [0.29, 0.717) is 19.4 Å².